The minimum Gasteiger partial charge on any atom is -0.454 e. The fourth-order valence-electron chi connectivity index (χ4n) is 3.86. The Bertz CT molecular complexity index is 595. The minimum absolute atomic E-state index is 0.0332. The molecule has 3 aliphatic rings. The molecule has 2 atom stereocenters. The zero-order chi connectivity index (χ0) is 15.0. The first kappa shape index (κ1) is 13.9. The van der Waals surface area contributed by atoms with Gasteiger partial charge in [-0.05, 0) is 25.0 Å². The predicted octanol–water partition coefficient (Wildman–Crippen LogP) is 1.82. The van der Waals surface area contributed by atoms with Crippen molar-refractivity contribution in [1.29, 1.82) is 0 Å². The monoisotopic (exact) mass is 300 g/mol. The van der Waals surface area contributed by atoms with Crippen molar-refractivity contribution in [3.05, 3.63) is 35.9 Å². The summed E-state index contributed by atoms with van der Waals surface area (Å²) in [5.41, 5.74) is 0.349. The molecule has 0 bridgehead atoms. The van der Waals surface area contributed by atoms with E-state index in [9.17, 15) is 4.79 Å². The summed E-state index contributed by atoms with van der Waals surface area (Å²) < 4.78 is 11.9. The van der Waals surface area contributed by atoms with Gasteiger partial charge in [-0.15, -0.1) is 0 Å². The van der Waals surface area contributed by atoms with Gasteiger partial charge < -0.3 is 9.47 Å². The summed E-state index contributed by atoms with van der Waals surface area (Å²) in [5, 5.41) is 0. The molecule has 2 unspecified atom stereocenters. The quantitative estimate of drug-likeness (QED) is 0.836. The highest BCUT2D eigenvalue weighted by Crippen LogP contribution is 2.45. The second-order valence-electron chi connectivity index (χ2n) is 6.11. The van der Waals surface area contributed by atoms with Crippen LogP contribution in [0, 0.1) is 5.92 Å². The standard InChI is InChI=1S/C17H20N2O3/c20-15-14-7-4-8-17(14,19-9-11-21-12-10-19)22-16(18-15)13-5-2-1-3-6-13/h1-3,5-6,14H,4,7-12H2. The molecule has 0 spiro atoms. The summed E-state index contributed by atoms with van der Waals surface area (Å²) in [6.07, 6.45) is 2.75. The van der Waals surface area contributed by atoms with Crippen LogP contribution in [0.15, 0.2) is 35.3 Å². The first-order valence-electron chi connectivity index (χ1n) is 7.99. The number of ether oxygens (including phenoxy) is 2. The summed E-state index contributed by atoms with van der Waals surface area (Å²) >= 11 is 0. The van der Waals surface area contributed by atoms with Crippen LogP contribution < -0.4 is 0 Å². The second-order valence-corrected chi connectivity index (χ2v) is 6.11. The van der Waals surface area contributed by atoms with Gasteiger partial charge >= 0.3 is 0 Å². The Morgan fingerprint density at radius 2 is 1.95 bits per heavy atom. The van der Waals surface area contributed by atoms with Gasteiger partial charge in [-0.25, -0.2) is 0 Å². The Morgan fingerprint density at radius 1 is 1.18 bits per heavy atom. The van der Waals surface area contributed by atoms with Crippen molar-refractivity contribution in [1.82, 2.24) is 4.90 Å². The molecule has 1 saturated heterocycles. The number of morpholine rings is 1. The lowest BCUT2D eigenvalue weighted by Gasteiger charge is -2.47. The second kappa shape index (κ2) is 5.48. The van der Waals surface area contributed by atoms with Crippen LogP contribution in [0.2, 0.25) is 0 Å². The van der Waals surface area contributed by atoms with Crippen LogP contribution in [0.5, 0.6) is 0 Å². The molecule has 2 aliphatic heterocycles. The first-order valence-corrected chi connectivity index (χ1v) is 7.99. The van der Waals surface area contributed by atoms with E-state index in [-0.39, 0.29) is 11.8 Å². The molecule has 0 radical (unpaired) electrons. The molecular formula is C17H20N2O3. The molecule has 0 N–H and O–H groups in total. The molecule has 1 aliphatic carbocycles. The third-order valence-electron chi connectivity index (χ3n) is 4.92. The zero-order valence-corrected chi connectivity index (χ0v) is 12.5. The Hall–Kier alpha value is -1.72. The SMILES string of the molecule is O=C1N=C(c2ccccc2)OC2(N3CCOCC3)CCCC12. The summed E-state index contributed by atoms with van der Waals surface area (Å²) in [5.74, 6) is 0.294. The summed E-state index contributed by atoms with van der Waals surface area (Å²) in [7, 11) is 0. The fourth-order valence-corrected chi connectivity index (χ4v) is 3.86. The number of amides is 1. The maximum absolute atomic E-state index is 12.6. The number of aliphatic imine (C=N–C) groups is 1. The third kappa shape index (κ3) is 2.16. The van der Waals surface area contributed by atoms with Gasteiger partial charge in [0.05, 0.1) is 19.1 Å². The smallest absolute Gasteiger partial charge is 0.257 e. The summed E-state index contributed by atoms with van der Waals surface area (Å²) in [6, 6.07) is 9.70. The van der Waals surface area contributed by atoms with Crippen molar-refractivity contribution in [3.63, 3.8) is 0 Å². The molecular weight excluding hydrogens is 280 g/mol. The molecule has 116 valence electrons. The van der Waals surface area contributed by atoms with E-state index >= 15 is 0 Å². The summed E-state index contributed by atoms with van der Waals surface area (Å²) in [6.45, 7) is 3.02. The van der Waals surface area contributed by atoms with Gasteiger partial charge in [0.2, 0.25) is 5.90 Å². The molecule has 4 rings (SSSR count). The largest absolute Gasteiger partial charge is 0.454 e. The number of nitrogens with zero attached hydrogens (tertiary/aromatic N) is 2. The summed E-state index contributed by atoms with van der Waals surface area (Å²) in [4.78, 5) is 19.1. The van der Waals surface area contributed by atoms with E-state index in [0.29, 0.717) is 19.1 Å². The molecule has 2 heterocycles. The number of hydrogen-bond donors (Lipinski definition) is 0. The van der Waals surface area contributed by atoms with Crippen molar-refractivity contribution >= 4 is 11.8 Å². The number of fused-ring (bicyclic) bond motifs is 1. The maximum Gasteiger partial charge on any atom is 0.257 e. The zero-order valence-electron chi connectivity index (χ0n) is 12.5. The lowest BCUT2D eigenvalue weighted by Crippen LogP contribution is -2.61. The van der Waals surface area contributed by atoms with Crippen molar-refractivity contribution in [3.8, 4) is 0 Å². The van der Waals surface area contributed by atoms with Crippen LogP contribution in [0.25, 0.3) is 0 Å². The van der Waals surface area contributed by atoms with Crippen molar-refractivity contribution in [2.45, 2.75) is 25.0 Å². The lowest BCUT2D eigenvalue weighted by molar-refractivity contribution is -0.168. The molecule has 5 heteroatoms. The van der Waals surface area contributed by atoms with Gasteiger partial charge in [0.1, 0.15) is 0 Å². The van der Waals surface area contributed by atoms with E-state index in [1.54, 1.807) is 0 Å². The highest BCUT2D eigenvalue weighted by atomic mass is 16.5. The molecule has 1 aromatic rings. The van der Waals surface area contributed by atoms with Gasteiger partial charge in [-0.1, -0.05) is 18.2 Å². The Balaban J connectivity index is 1.71. The highest BCUT2D eigenvalue weighted by Gasteiger charge is 2.56. The average molecular weight is 300 g/mol. The van der Waals surface area contributed by atoms with Crippen molar-refractivity contribution in [2.75, 3.05) is 26.3 Å². The predicted molar refractivity (Wildman–Crippen MR) is 81.5 cm³/mol. The highest BCUT2D eigenvalue weighted by molar-refractivity contribution is 6.04. The van der Waals surface area contributed by atoms with Crippen LogP contribution in [0.3, 0.4) is 0 Å². The number of carbonyl (C=O) groups excluding carboxylic acids is 1. The van der Waals surface area contributed by atoms with E-state index < -0.39 is 5.72 Å². The molecule has 1 aromatic carbocycles. The molecule has 5 nitrogen and oxygen atoms in total. The molecule has 1 saturated carbocycles. The molecule has 22 heavy (non-hydrogen) atoms. The number of benzene rings is 1. The normalized spacial score (nSPS) is 32.3. The molecule has 2 fully saturated rings. The Kier molecular flexibility index (Phi) is 3.47. The van der Waals surface area contributed by atoms with Gasteiger partial charge in [0.15, 0.2) is 5.72 Å². The van der Waals surface area contributed by atoms with Crippen LogP contribution in [-0.4, -0.2) is 48.7 Å². The van der Waals surface area contributed by atoms with Gasteiger partial charge in [-0.3, -0.25) is 9.69 Å². The number of hydrogen-bond acceptors (Lipinski definition) is 4. The van der Waals surface area contributed by atoms with E-state index in [1.807, 2.05) is 30.3 Å². The van der Waals surface area contributed by atoms with Crippen LogP contribution in [0.1, 0.15) is 24.8 Å². The number of rotatable bonds is 2. The molecule has 0 aromatic heterocycles. The van der Waals surface area contributed by atoms with Crippen LogP contribution in [0.4, 0.5) is 0 Å². The van der Waals surface area contributed by atoms with Crippen LogP contribution >= 0.6 is 0 Å². The van der Waals surface area contributed by atoms with E-state index in [4.69, 9.17) is 9.47 Å². The average Bonchev–Trinajstić information content (AvgIpc) is 3.02. The van der Waals surface area contributed by atoms with Gasteiger partial charge in [-0.2, -0.15) is 4.99 Å². The van der Waals surface area contributed by atoms with Gasteiger partial charge in [0, 0.05) is 25.1 Å². The molecule has 1 amide bonds. The van der Waals surface area contributed by atoms with Gasteiger partial charge in [0.25, 0.3) is 5.91 Å². The van der Waals surface area contributed by atoms with Crippen molar-refractivity contribution < 1.29 is 14.3 Å². The first-order chi connectivity index (χ1) is 10.8. The van der Waals surface area contributed by atoms with E-state index in [1.165, 1.54) is 0 Å². The van der Waals surface area contributed by atoms with E-state index in [0.717, 1.165) is 37.9 Å². The lowest BCUT2D eigenvalue weighted by atomic mass is 9.94. The number of carbonyl (C=O) groups is 1. The fraction of sp³-hybridized carbons (Fsp3) is 0.529. The Morgan fingerprint density at radius 3 is 2.73 bits per heavy atom. The van der Waals surface area contributed by atoms with Crippen LogP contribution in [-0.2, 0) is 14.3 Å². The van der Waals surface area contributed by atoms with E-state index in [2.05, 4.69) is 9.89 Å². The topological polar surface area (TPSA) is 51.1 Å². The third-order valence-corrected chi connectivity index (χ3v) is 4.92. The van der Waals surface area contributed by atoms with Crippen molar-refractivity contribution in [2.24, 2.45) is 10.9 Å². The maximum atomic E-state index is 12.6. The minimum atomic E-state index is -0.520. The Labute approximate surface area is 129 Å².